The van der Waals surface area contributed by atoms with Crippen molar-refractivity contribution < 1.29 is 8.42 Å². The number of nitrogens with zero attached hydrogens (tertiary/aromatic N) is 5. The predicted octanol–water partition coefficient (Wildman–Crippen LogP) is 1.04. The summed E-state index contributed by atoms with van der Waals surface area (Å²) in [6, 6.07) is 3.67. The monoisotopic (exact) mass is 348 g/mol. The first-order valence-electron chi connectivity index (χ1n) is 8.16. The molecular formula is C15H20N6O2S. The first-order chi connectivity index (χ1) is 11.5. The van der Waals surface area contributed by atoms with Gasteiger partial charge in [-0.15, -0.1) is 10.2 Å². The Bertz CT molecular complexity index is 837. The second-order valence-electron chi connectivity index (χ2n) is 6.46. The maximum Gasteiger partial charge on any atom is 0.241 e. The number of anilines is 1. The van der Waals surface area contributed by atoms with Crippen LogP contribution in [-0.2, 0) is 10.0 Å². The lowest BCUT2D eigenvalue weighted by atomic mass is 9.96. The topological polar surface area (TPSA) is 107 Å². The summed E-state index contributed by atoms with van der Waals surface area (Å²) in [6.07, 6.45) is 7.63. The molecule has 128 valence electrons. The number of sulfonamides is 1. The normalized spacial score (nSPS) is 19.6. The van der Waals surface area contributed by atoms with Crippen molar-refractivity contribution >= 4 is 15.8 Å². The fourth-order valence-electron chi connectivity index (χ4n) is 3.37. The van der Waals surface area contributed by atoms with Gasteiger partial charge in [-0.25, -0.2) is 18.5 Å². The second-order valence-corrected chi connectivity index (χ2v) is 7.99. The molecule has 1 saturated carbocycles. The van der Waals surface area contributed by atoms with Crippen LogP contribution in [0.2, 0.25) is 0 Å². The van der Waals surface area contributed by atoms with Crippen LogP contribution < -0.4 is 10.0 Å². The summed E-state index contributed by atoms with van der Waals surface area (Å²) < 4.78 is 25.7. The molecule has 0 atom stereocenters. The molecule has 0 aromatic carbocycles. The molecule has 0 unspecified atom stereocenters. The van der Waals surface area contributed by atoms with Gasteiger partial charge in [0, 0.05) is 31.2 Å². The summed E-state index contributed by atoms with van der Waals surface area (Å²) >= 11 is 0. The molecule has 1 saturated heterocycles. The molecule has 0 radical (unpaired) electrons. The molecule has 3 heterocycles. The average Bonchev–Trinajstić information content (AvgIpc) is 3.31. The molecule has 0 bridgehead atoms. The highest BCUT2D eigenvalue weighted by molar-refractivity contribution is 7.89. The van der Waals surface area contributed by atoms with Crippen molar-refractivity contribution in [1.29, 1.82) is 0 Å². The summed E-state index contributed by atoms with van der Waals surface area (Å²) in [4.78, 5) is 6.33. The van der Waals surface area contributed by atoms with Gasteiger partial charge in [-0.05, 0) is 37.8 Å². The van der Waals surface area contributed by atoms with Crippen LogP contribution in [0.15, 0.2) is 29.6 Å². The lowest BCUT2D eigenvalue weighted by Gasteiger charge is -2.33. The second kappa shape index (κ2) is 5.82. The highest BCUT2D eigenvalue weighted by Gasteiger charge is 2.32. The van der Waals surface area contributed by atoms with Gasteiger partial charge in [-0.1, -0.05) is 0 Å². The number of hydrogen-bond donors (Lipinski definition) is 1. The van der Waals surface area contributed by atoms with Crippen LogP contribution >= 0.6 is 0 Å². The van der Waals surface area contributed by atoms with Crippen LogP contribution in [0, 0.1) is 0 Å². The van der Waals surface area contributed by atoms with E-state index in [2.05, 4.69) is 19.7 Å². The SMILES string of the molecule is NS(=O)(=O)c1cccnc1N1CCC(c2nncn2C2CC2)CC1. The number of rotatable bonds is 4. The Balaban J connectivity index is 1.52. The summed E-state index contributed by atoms with van der Waals surface area (Å²) in [5.41, 5.74) is 0. The van der Waals surface area contributed by atoms with E-state index in [1.165, 1.54) is 18.9 Å². The van der Waals surface area contributed by atoms with Crippen molar-refractivity contribution in [2.45, 2.75) is 42.5 Å². The van der Waals surface area contributed by atoms with Crippen molar-refractivity contribution in [2.75, 3.05) is 18.0 Å². The Hall–Kier alpha value is -2.00. The Morgan fingerprint density at radius 1 is 1.17 bits per heavy atom. The first-order valence-corrected chi connectivity index (χ1v) is 9.71. The van der Waals surface area contributed by atoms with Gasteiger partial charge in [-0.3, -0.25) is 0 Å². The molecule has 9 heteroatoms. The van der Waals surface area contributed by atoms with E-state index in [4.69, 9.17) is 5.14 Å². The van der Waals surface area contributed by atoms with Gasteiger partial charge in [0.05, 0.1) is 0 Å². The number of hydrogen-bond acceptors (Lipinski definition) is 6. The standard InChI is InChI=1S/C15H20N6O2S/c16-24(22,23)13-2-1-7-17-15(13)20-8-5-11(6-9-20)14-19-18-10-21(14)12-3-4-12/h1-2,7,10-12H,3-6,8-9H2,(H2,16,22,23). The predicted molar refractivity (Wildman–Crippen MR) is 88.1 cm³/mol. The fraction of sp³-hybridized carbons (Fsp3) is 0.533. The van der Waals surface area contributed by atoms with E-state index in [0.717, 1.165) is 31.8 Å². The molecule has 24 heavy (non-hydrogen) atoms. The van der Waals surface area contributed by atoms with Crippen molar-refractivity contribution in [3.63, 3.8) is 0 Å². The molecule has 2 N–H and O–H groups in total. The third-order valence-electron chi connectivity index (χ3n) is 4.76. The first kappa shape index (κ1) is 15.5. The van der Waals surface area contributed by atoms with Crippen molar-refractivity contribution in [2.24, 2.45) is 5.14 Å². The van der Waals surface area contributed by atoms with Gasteiger partial charge in [0.2, 0.25) is 10.0 Å². The zero-order valence-electron chi connectivity index (χ0n) is 13.2. The van der Waals surface area contributed by atoms with E-state index < -0.39 is 10.0 Å². The smallest absolute Gasteiger partial charge is 0.241 e. The van der Waals surface area contributed by atoms with Crippen LogP contribution in [0.3, 0.4) is 0 Å². The van der Waals surface area contributed by atoms with E-state index in [9.17, 15) is 8.42 Å². The number of nitrogens with two attached hydrogens (primary N) is 1. The Morgan fingerprint density at radius 3 is 2.58 bits per heavy atom. The van der Waals surface area contributed by atoms with Gasteiger partial charge in [-0.2, -0.15) is 0 Å². The molecule has 1 aliphatic carbocycles. The van der Waals surface area contributed by atoms with Gasteiger partial charge < -0.3 is 9.47 Å². The Labute approximate surface area is 140 Å². The van der Waals surface area contributed by atoms with Gasteiger partial charge in [0.1, 0.15) is 22.9 Å². The average molecular weight is 348 g/mol. The highest BCUT2D eigenvalue weighted by Crippen LogP contribution is 2.38. The van der Waals surface area contributed by atoms with Crippen LogP contribution in [0.1, 0.15) is 43.5 Å². The van der Waals surface area contributed by atoms with Crippen LogP contribution in [-0.4, -0.2) is 41.3 Å². The highest BCUT2D eigenvalue weighted by atomic mass is 32.2. The van der Waals surface area contributed by atoms with Gasteiger partial charge >= 0.3 is 0 Å². The quantitative estimate of drug-likeness (QED) is 0.884. The maximum absolute atomic E-state index is 11.8. The summed E-state index contributed by atoms with van der Waals surface area (Å²) in [5.74, 6) is 1.86. The van der Waals surface area contributed by atoms with E-state index in [1.54, 1.807) is 12.3 Å². The summed E-state index contributed by atoms with van der Waals surface area (Å²) in [5, 5.41) is 13.7. The molecule has 2 aromatic heterocycles. The van der Waals surface area contributed by atoms with Crippen molar-refractivity contribution in [3.05, 3.63) is 30.5 Å². The fourth-order valence-corrected chi connectivity index (χ4v) is 4.07. The molecule has 2 fully saturated rings. The van der Waals surface area contributed by atoms with Crippen LogP contribution in [0.25, 0.3) is 0 Å². The minimum atomic E-state index is -3.78. The maximum atomic E-state index is 11.8. The van der Waals surface area contributed by atoms with Crippen molar-refractivity contribution in [3.8, 4) is 0 Å². The Kier molecular flexibility index (Phi) is 3.76. The molecule has 0 amide bonds. The van der Waals surface area contributed by atoms with Crippen LogP contribution in [0.5, 0.6) is 0 Å². The molecule has 8 nitrogen and oxygen atoms in total. The molecule has 1 aliphatic heterocycles. The number of primary sulfonamides is 1. The largest absolute Gasteiger partial charge is 0.355 e. The summed E-state index contributed by atoms with van der Waals surface area (Å²) in [6.45, 7) is 1.45. The zero-order valence-corrected chi connectivity index (χ0v) is 14.1. The minimum Gasteiger partial charge on any atom is -0.355 e. The zero-order chi connectivity index (χ0) is 16.7. The van der Waals surface area contributed by atoms with E-state index in [0.29, 0.717) is 17.8 Å². The lowest BCUT2D eigenvalue weighted by Crippen LogP contribution is -2.35. The summed E-state index contributed by atoms with van der Waals surface area (Å²) in [7, 11) is -3.78. The van der Waals surface area contributed by atoms with Crippen LogP contribution in [0.4, 0.5) is 5.82 Å². The molecule has 4 rings (SSSR count). The van der Waals surface area contributed by atoms with E-state index in [1.807, 2.05) is 11.2 Å². The number of piperidine rings is 1. The molecular weight excluding hydrogens is 328 g/mol. The lowest BCUT2D eigenvalue weighted by molar-refractivity contribution is 0.461. The van der Waals surface area contributed by atoms with E-state index in [-0.39, 0.29) is 4.90 Å². The molecule has 0 spiro atoms. The van der Waals surface area contributed by atoms with Gasteiger partial charge in [0.25, 0.3) is 0 Å². The third kappa shape index (κ3) is 2.89. The van der Waals surface area contributed by atoms with E-state index >= 15 is 0 Å². The van der Waals surface area contributed by atoms with Crippen molar-refractivity contribution in [1.82, 2.24) is 19.7 Å². The number of pyridine rings is 1. The van der Waals surface area contributed by atoms with Gasteiger partial charge in [0.15, 0.2) is 0 Å². The molecule has 2 aliphatic rings. The third-order valence-corrected chi connectivity index (χ3v) is 5.69. The number of aromatic nitrogens is 4. The molecule has 2 aromatic rings. The Morgan fingerprint density at radius 2 is 1.92 bits per heavy atom. The minimum absolute atomic E-state index is 0.0876.